The Bertz CT molecular complexity index is 696. The largest absolute Gasteiger partial charge is 0.479 e. The number of nitrogens with one attached hydrogen (secondary N) is 1. The first-order valence-electron chi connectivity index (χ1n) is 6.68. The average molecular weight is 286 g/mol. The molecule has 1 aromatic carbocycles. The highest BCUT2D eigenvalue weighted by Gasteiger charge is 2.34. The SMILES string of the molecule is O=C(O)C1CCC(C(=O)Nc2cccc3ncccc23)O1. The molecule has 2 heterocycles. The van der Waals surface area contributed by atoms with Crippen LogP contribution in [0.3, 0.4) is 0 Å². The zero-order chi connectivity index (χ0) is 14.8. The van der Waals surface area contributed by atoms with Crippen molar-refractivity contribution in [3.8, 4) is 0 Å². The van der Waals surface area contributed by atoms with Gasteiger partial charge in [-0.25, -0.2) is 4.79 Å². The summed E-state index contributed by atoms with van der Waals surface area (Å²) in [6.07, 6.45) is 0.829. The van der Waals surface area contributed by atoms with Crippen molar-refractivity contribution in [2.24, 2.45) is 0 Å². The average Bonchev–Trinajstić information content (AvgIpc) is 2.98. The summed E-state index contributed by atoms with van der Waals surface area (Å²) in [5, 5.41) is 12.5. The van der Waals surface area contributed by atoms with Gasteiger partial charge in [0.15, 0.2) is 6.10 Å². The predicted octanol–water partition coefficient (Wildman–Crippen LogP) is 1.81. The van der Waals surface area contributed by atoms with Crippen molar-refractivity contribution in [3.05, 3.63) is 36.5 Å². The summed E-state index contributed by atoms with van der Waals surface area (Å²) in [4.78, 5) is 27.2. The maximum Gasteiger partial charge on any atom is 0.332 e. The normalized spacial score (nSPS) is 21.3. The van der Waals surface area contributed by atoms with Crippen molar-refractivity contribution >= 4 is 28.5 Å². The van der Waals surface area contributed by atoms with Gasteiger partial charge < -0.3 is 15.2 Å². The minimum absolute atomic E-state index is 0.324. The Labute approximate surface area is 120 Å². The van der Waals surface area contributed by atoms with E-state index in [0.29, 0.717) is 18.5 Å². The molecule has 1 aliphatic heterocycles. The maximum absolute atomic E-state index is 12.2. The number of aliphatic carboxylic acids is 1. The van der Waals surface area contributed by atoms with Crippen LogP contribution < -0.4 is 5.32 Å². The predicted molar refractivity (Wildman–Crippen MR) is 75.9 cm³/mol. The molecule has 2 atom stereocenters. The molecule has 0 aliphatic carbocycles. The van der Waals surface area contributed by atoms with Crippen LogP contribution in [0.5, 0.6) is 0 Å². The standard InChI is InChI=1S/C15H14N2O4/c18-14(12-6-7-13(21-12)15(19)20)17-11-5-1-4-10-9(11)3-2-8-16-10/h1-5,8,12-13H,6-7H2,(H,17,18)(H,19,20). The van der Waals surface area contributed by atoms with Crippen LogP contribution in [0, 0.1) is 0 Å². The molecule has 0 radical (unpaired) electrons. The van der Waals surface area contributed by atoms with E-state index in [-0.39, 0.29) is 5.91 Å². The summed E-state index contributed by atoms with van der Waals surface area (Å²) in [7, 11) is 0. The maximum atomic E-state index is 12.2. The monoisotopic (exact) mass is 286 g/mol. The lowest BCUT2D eigenvalue weighted by molar-refractivity contribution is -0.150. The third-order valence-electron chi connectivity index (χ3n) is 3.49. The highest BCUT2D eigenvalue weighted by atomic mass is 16.5. The molecule has 1 saturated heterocycles. The van der Waals surface area contributed by atoms with E-state index in [1.165, 1.54) is 0 Å². The molecule has 0 saturated carbocycles. The number of hydrogen-bond donors (Lipinski definition) is 2. The number of amides is 1. The molecular formula is C15H14N2O4. The fourth-order valence-electron chi connectivity index (χ4n) is 2.44. The Morgan fingerprint density at radius 2 is 2.00 bits per heavy atom. The van der Waals surface area contributed by atoms with Crippen molar-refractivity contribution < 1.29 is 19.4 Å². The van der Waals surface area contributed by atoms with Crippen LogP contribution in [-0.4, -0.2) is 34.2 Å². The van der Waals surface area contributed by atoms with Crippen molar-refractivity contribution in [2.75, 3.05) is 5.32 Å². The van der Waals surface area contributed by atoms with Gasteiger partial charge in [0.05, 0.1) is 11.2 Å². The molecule has 0 bridgehead atoms. The van der Waals surface area contributed by atoms with Gasteiger partial charge in [-0.05, 0) is 37.1 Å². The number of fused-ring (bicyclic) bond motifs is 1. The Balaban J connectivity index is 1.77. The zero-order valence-electron chi connectivity index (χ0n) is 11.2. The first kappa shape index (κ1) is 13.5. The van der Waals surface area contributed by atoms with Gasteiger partial charge in [-0.15, -0.1) is 0 Å². The van der Waals surface area contributed by atoms with E-state index < -0.39 is 18.2 Å². The van der Waals surface area contributed by atoms with Crippen LogP contribution in [-0.2, 0) is 14.3 Å². The zero-order valence-corrected chi connectivity index (χ0v) is 11.2. The summed E-state index contributed by atoms with van der Waals surface area (Å²) < 4.78 is 5.24. The number of nitrogens with zero attached hydrogens (tertiary/aromatic N) is 1. The smallest absolute Gasteiger partial charge is 0.332 e. The van der Waals surface area contributed by atoms with Crippen LogP contribution in [0.25, 0.3) is 10.9 Å². The highest BCUT2D eigenvalue weighted by Crippen LogP contribution is 2.24. The van der Waals surface area contributed by atoms with Crippen LogP contribution in [0.4, 0.5) is 5.69 Å². The van der Waals surface area contributed by atoms with Crippen molar-refractivity contribution in [3.63, 3.8) is 0 Å². The van der Waals surface area contributed by atoms with Crippen LogP contribution >= 0.6 is 0 Å². The van der Waals surface area contributed by atoms with Gasteiger partial charge in [0, 0.05) is 11.6 Å². The van der Waals surface area contributed by atoms with Crippen LogP contribution in [0.15, 0.2) is 36.5 Å². The highest BCUT2D eigenvalue weighted by molar-refractivity contribution is 6.02. The van der Waals surface area contributed by atoms with Gasteiger partial charge in [0.25, 0.3) is 5.91 Å². The molecule has 108 valence electrons. The van der Waals surface area contributed by atoms with Gasteiger partial charge >= 0.3 is 5.97 Å². The summed E-state index contributed by atoms with van der Waals surface area (Å²) in [5.41, 5.74) is 1.43. The summed E-state index contributed by atoms with van der Waals surface area (Å²) >= 11 is 0. The number of ether oxygens (including phenoxy) is 1. The fourth-order valence-corrected chi connectivity index (χ4v) is 2.44. The molecular weight excluding hydrogens is 272 g/mol. The van der Waals surface area contributed by atoms with E-state index in [1.807, 2.05) is 12.1 Å². The van der Waals surface area contributed by atoms with E-state index in [2.05, 4.69) is 10.3 Å². The van der Waals surface area contributed by atoms with Crippen molar-refractivity contribution in [1.29, 1.82) is 0 Å². The molecule has 21 heavy (non-hydrogen) atoms. The molecule has 1 aliphatic rings. The van der Waals surface area contributed by atoms with Gasteiger partial charge in [-0.3, -0.25) is 9.78 Å². The van der Waals surface area contributed by atoms with Crippen LogP contribution in [0.2, 0.25) is 0 Å². The quantitative estimate of drug-likeness (QED) is 0.898. The van der Waals surface area contributed by atoms with Crippen molar-refractivity contribution in [1.82, 2.24) is 4.98 Å². The van der Waals surface area contributed by atoms with Gasteiger partial charge in [0.2, 0.25) is 0 Å². The second-order valence-electron chi connectivity index (χ2n) is 4.89. The van der Waals surface area contributed by atoms with E-state index in [1.54, 1.807) is 24.4 Å². The summed E-state index contributed by atoms with van der Waals surface area (Å²) in [5.74, 6) is -1.35. The lowest BCUT2D eigenvalue weighted by Crippen LogP contribution is -2.30. The minimum Gasteiger partial charge on any atom is -0.479 e. The third-order valence-corrected chi connectivity index (χ3v) is 3.49. The number of hydrogen-bond acceptors (Lipinski definition) is 4. The summed E-state index contributed by atoms with van der Waals surface area (Å²) in [6.45, 7) is 0. The Kier molecular flexibility index (Phi) is 3.53. The molecule has 1 amide bonds. The Morgan fingerprint density at radius 1 is 1.19 bits per heavy atom. The summed E-state index contributed by atoms with van der Waals surface area (Å²) in [6, 6.07) is 9.11. The number of carbonyl (C=O) groups excluding carboxylic acids is 1. The number of benzene rings is 1. The molecule has 2 N–H and O–H groups in total. The second kappa shape index (κ2) is 5.49. The Morgan fingerprint density at radius 3 is 2.76 bits per heavy atom. The molecule has 0 spiro atoms. The molecule has 6 nitrogen and oxygen atoms in total. The van der Waals surface area contributed by atoms with Gasteiger partial charge in [-0.2, -0.15) is 0 Å². The Hall–Kier alpha value is -2.47. The van der Waals surface area contributed by atoms with Crippen molar-refractivity contribution in [2.45, 2.75) is 25.0 Å². The molecule has 2 unspecified atom stereocenters. The number of carboxylic acids is 1. The lowest BCUT2D eigenvalue weighted by Gasteiger charge is -2.13. The number of carboxylic acid groups (broad SMARTS) is 1. The number of aromatic nitrogens is 1. The number of carbonyl (C=O) groups is 2. The van der Waals surface area contributed by atoms with Crippen LogP contribution in [0.1, 0.15) is 12.8 Å². The molecule has 1 aromatic heterocycles. The molecule has 1 fully saturated rings. The topological polar surface area (TPSA) is 88.5 Å². The second-order valence-corrected chi connectivity index (χ2v) is 4.89. The lowest BCUT2D eigenvalue weighted by atomic mass is 10.1. The van der Waals surface area contributed by atoms with Gasteiger partial charge in [0.1, 0.15) is 6.10 Å². The first-order chi connectivity index (χ1) is 10.1. The van der Waals surface area contributed by atoms with E-state index in [9.17, 15) is 9.59 Å². The van der Waals surface area contributed by atoms with E-state index in [0.717, 1.165) is 10.9 Å². The van der Waals surface area contributed by atoms with E-state index >= 15 is 0 Å². The van der Waals surface area contributed by atoms with E-state index in [4.69, 9.17) is 9.84 Å². The first-order valence-corrected chi connectivity index (χ1v) is 6.68. The molecule has 6 heteroatoms. The number of pyridine rings is 1. The number of anilines is 1. The number of rotatable bonds is 3. The third kappa shape index (κ3) is 2.71. The molecule has 2 aromatic rings. The minimum atomic E-state index is -1.03. The molecule has 3 rings (SSSR count). The van der Waals surface area contributed by atoms with Gasteiger partial charge in [-0.1, -0.05) is 6.07 Å². The fraction of sp³-hybridized carbons (Fsp3) is 0.267.